The molecule has 1 aromatic carbocycles. The summed E-state index contributed by atoms with van der Waals surface area (Å²) < 4.78 is 5.50. The Bertz CT molecular complexity index is 527. The summed E-state index contributed by atoms with van der Waals surface area (Å²) in [5.74, 6) is -0.710. The van der Waals surface area contributed by atoms with Crippen LogP contribution in [0.1, 0.15) is 43.1 Å². The van der Waals surface area contributed by atoms with Crippen LogP contribution < -0.4 is 0 Å². The molecule has 1 aliphatic heterocycles. The average Bonchev–Trinajstić information content (AvgIpc) is 2.72. The van der Waals surface area contributed by atoms with E-state index in [1.165, 1.54) is 5.57 Å². The molecule has 1 aromatic rings. The normalized spacial score (nSPS) is 17.1. The molecular formula is C15H18O4. The molecular weight excluding hydrogens is 244 g/mol. The Balaban J connectivity index is 2.38. The lowest BCUT2D eigenvalue weighted by Gasteiger charge is -2.13. The number of rotatable bonds is 4. The van der Waals surface area contributed by atoms with Crippen molar-refractivity contribution in [3.63, 3.8) is 0 Å². The number of benzene rings is 1. The van der Waals surface area contributed by atoms with Crippen LogP contribution in [0.15, 0.2) is 23.8 Å². The summed E-state index contributed by atoms with van der Waals surface area (Å²) in [5.41, 5.74) is 3.80. The highest BCUT2D eigenvalue weighted by atomic mass is 16.5. The molecule has 0 aromatic heterocycles. The van der Waals surface area contributed by atoms with Gasteiger partial charge in [-0.25, -0.2) is 0 Å². The number of allylic oxidation sites excluding steroid dienone is 2. The first-order valence-electron chi connectivity index (χ1n) is 6.29. The first kappa shape index (κ1) is 13.6. The Hall–Kier alpha value is -1.81. The fraction of sp³-hybridized carbons (Fsp3) is 0.400. The fourth-order valence-electron chi connectivity index (χ4n) is 2.33. The third-order valence-electron chi connectivity index (χ3n) is 3.26. The number of fused-ring (bicyclic) bond motifs is 1. The highest BCUT2D eigenvalue weighted by Crippen LogP contribution is 2.40. The lowest BCUT2D eigenvalue weighted by atomic mass is 9.94. The number of hydrogen-bond acceptors (Lipinski definition) is 3. The van der Waals surface area contributed by atoms with Crippen LogP contribution in [-0.2, 0) is 22.6 Å². The monoisotopic (exact) mass is 262 g/mol. The third kappa shape index (κ3) is 2.96. The molecule has 0 unspecified atom stereocenters. The van der Waals surface area contributed by atoms with Crippen molar-refractivity contribution < 1.29 is 19.7 Å². The topological polar surface area (TPSA) is 66.8 Å². The zero-order valence-corrected chi connectivity index (χ0v) is 11.1. The number of aromatic hydroxyl groups is 1. The maximum Gasteiger partial charge on any atom is 0.306 e. The van der Waals surface area contributed by atoms with Crippen LogP contribution >= 0.6 is 0 Å². The Morgan fingerprint density at radius 1 is 1.47 bits per heavy atom. The Labute approximate surface area is 112 Å². The van der Waals surface area contributed by atoms with Crippen LogP contribution in [0, 0.1) is 0 Å². The molecule has 1 heterocycles. The van der Waals surface area contributed by atoms with Crippen molar-refractivity contribution in [2.75, 3.05) is 0 Å². The molecule has 0 bridgehead atoms. The number of carbonyl (C=O) groups is 1. The van der Waals surface area contributed by atoms with Gasteiger partial charge in [0.15, 0.2) is 0 Å². The summed E-state index contributed by atoms with van der Waals surface area (Å²) in [6.45, 7) is 4.32. The van der Waals surface area contributed by atoms with Crippen LogP contribution in [0.5, 0.6) is 5.75 Å². The zero-order valence-electron chi connectivity index (χ0n) is 11.1. The highest BCUT2D eigenvalue weighted by Gasteiger charge is 2.29. The molecule has 1 aliphatic rings. The molecule has 2 rings (SSSR count). The molecule has 102 valence electrons. The van der Waals surface area contributed by atoms with E-state index >= 15 is 0 Å². The number of phenolic OH excluding ortho intramolecular Hbond substituents is 1. The maximum absolute atomic E-state index is 10.9. The van der Waals surface area contributed by atoms with E-state index < -0.39 is 12.1 Å². The van der Waals surface area contributed by atoms with Gasteiger partial charge >= 0.3 is 5.97 Å². The molecule has 0 saturated carbocycles. The van der Waals surface area contributed by atoms with Gasteiger partial charge in [-0.1, -0.05) is 17.7 Å². The van der Waals surface area contributed by atoms with E-state index in [1.54, 1.807) is 6.07 Å². The number of phenols is 1. The summed E-state index contributed by atoms with van der Waals surface area (Å²) >= 11 is 0. The highest BCUT2D eigenvalue weighted by molar-refractivity contribution is 5.68. The molecule has 4 nitrogen and oxygen atoms in total. The average molecular weight is 262 g/mol. The van der Waals surface area contributed by atoms with Gasteiger partial charge in [-0.15, -0.1) is 0 Å². The van der Waals surface area contributed by atoms with Gasteiger partial charge in [0, 0.05) is 5.56 Å². The Morgan fingerprint density at radius 3 is 2.84 bits per heavy atom. The third-order valence-corrected chi connectivity index (χ3v) is 3.26. The van der Waals surface area contributed by atoms with Crippen molar-refractivity contribution in [2.24, 2.45) is 0 Å². The molecule has 0 amide bonds. The standard InChI is InChI=1S/C15H18O4/c1-9(2)3-4-10-5-6-12(16)11-8-19-13(15(10)11)7-14(17)18/h3,5-6,13,16H,4,7-8H2,1-2H3,(H,17,18)/t13-/m0/s1. The SMILES string of the molecule is CC(C)=CCc1ccc(O)c2c1[C@H](CC(=O)O)OC2. The fourth-order valence-corrected chi connectivity index (χ4v) is 2.33. The minimum absolute atomic E-state index is 0.0712. The largest absolute Gasteiger partial charge is 0.508 e. The molecule has 0 spiro atoms. The predicted molar refractivity (Wildman–Crippen MR) is 71.0 cm³/mol. The number of hydrogen-bond donors (Lipinski definition) is 2. The lowest BCUT2D eigenvalue weighted by molar-refractivity contribution is -0.140. The zero-order chi connectivity index (χ0) is 14.0. The minimum atomic E-state index is -0.894. The van der Waals surface area contributed by atoms with Gasteiger partial charge < -0.3 is 14.9 Å². The van der Waals surface area contributed by atoms with Crippen LogP contribution in [0.3, 0.4) is 0 Å². The van der Waals surface area contributed by atoms with Crippen molar-refractivity contribution in [1.82, 2.24) is 0 Å². The maximum atomic E-state index is 10.9. The van der Waals surface area contributed by atoms with E-state index in [0.29, 0.717) is 0 Å². The van der Waals surface area contributed by atoms with E-state index in [1.807, 2.05) is 19.9 Å². The number of carboxylic acid groups (broad SMARTS) is 1. The van der Waals surface area contributed by atoms with Gasteiger partial charge in [0.05, 0.1) is 19.1 Å². The summed E-state index contributed by atoms with van der Waals surface area (Å²) in [7, 11) is 0. The molecule has 0 aliphatic carbocycles. The first-order valence-corrected chi connectivity index (χ1v) is 6.29. The molecule has 0 radical (unpaired) electrons. The summed E-state index contributed by atoms with van der Waals surface area (Å²) in [6.07, 6.45) is 2.28. The van der Waals surface area contributed by atoms with Crippen LogP contribution in [0.4, 0.5) is 0 Å². The minimum Gasteiger partial charge on any atom is -0.508 e. The van der Waals surface area contributed by atoms with Crippen LogP contribution in [-0.4, -0.2) is 16.2 Å². The second-order valence-corrected chi connectivity index (χ2v) is 5.02. The second kappa shape index (κ2) is 5.45. The second-order valence-electron chi connectivity index (χ2n) is 5.02. The predicted octanol–water partition coefficient (Wildman–Crippen LogP) is 2.95. The van der Waals surface area contributed by atoms with Gasteiger partial charge in [0.25, 0.3) is 0 Å². The summed E-state index contributed by atoms with van der Waals surface area (Å²) in [4.78, 5) is 10.9. The van der Waals surface area contributed by atoms with Gasteiger partial charge in [-0.3, -0.25) is 4.79 Å². The van der Waals surface area contributed by atoms with E-state index in [2.05, 4.69) is 6.08 Å². The first-order chi connectivity index (χ1) is 8.99. The van der Waals surface area contributed by atoms with Gasteiger partial charge in [0.2, 0.25) is 0 Å². The Morgan fingerprint density at radius 2 is 2.21 bits per heavy atom. The molecule has 0 fully saturated rings. The van der Waals surface area contributed by atoms with E-state index in [4.69, 9.17) is 9.84 Å². The summed E-state index contributed by atoms with van der Waals surface area (Å²) in [5, 5.41) is 18.8. The van der Waals surface area contributed by atoms with Gasteiger partial charge in [0.1, 0.15) is 5.75 Å². The molecule has 19 heavy (non-hydrogen) atoms. The van der Waals surface area contributed by atoms with E-state index in [0.717, 1.165) is 23.1 Å². The molecule has 2 N–H and O–H groups in total. The Kier molecular flexibility index (Phi) is 3.90. The molecule has 4 heteroatoms. The molecule has 1 atom stereocenters. The quantitative estimate of drug-likeness (QED) is 0.819. The van der Waals surface area contributed by atoms with Crippen LogP contribution in [0.2, 0.25) is 0 Å². The van der Waals surface area contributed by atoms with Crippen molar-refractivity contribution in [2.45, 2.75) is 39.4 Å². The number of ether oxygens (including phenoxy) is 1. The number of carboxylic acids is 1. The summed E-state index contributed by atoms with van der Waals surface area (Å²) in [6, 6.07) is 3.50. The van der Waals surface area contributed by atoms with Crippen molar-refractivity contribution in [3.8, 4) is 5.75 Å². The lowest BCUT2D eigenvalue weighted by Crippen LogP contribution is -2.07. The van der Waals surface area contributed by atoms with Crippen molar-refractivity contribution in [3.05, 3.63) is 40.5 Å². The van der Waals surface area contributed by atoms with Gasteiger partial charge in [-0.2, -0.15) is 0 Å². The number of aliphatic carboxylic acids is 1. The van der Waals surface area contributed by atoms with E-state index in [-0.39, 0.29) is 18.8 Å². The van der Waals surface area contributed by atoms with Crippen molar-refractivity contribution >= 4 is 5.97 Å². The van der Waals surface area contributed by atoms with Crippen LogP contribution in [0.25, 0.3) is 0 Å². The van der Waals surface area contributed by atoms with Gasteiger partial charge in [-0.05, 0) is 37.5 Å². The van der Waals surface area contributed by atoms with E-state index in [9.17, 15) is 9.90 Å². The van der Waals surface area contributed by atoms with Crippen molar-refractivity contribution in [1.29, 1.82) is 0 Å². The smallest absolute Gasteiger partial charge is 0.306 e. The molecule has 0 saturated heterocycles.